The zero-order chi connectivity index (χ0) is 29.5. The van der Waals surface area contributed by atoms with Crippen molar-refractivity contribution in [3.8, 4) is 11.5 Å². The Morgan fingerprint density at radius 3 is 2.44 bits per heavy atom. The number of benzene rings is 2. The number of piperidine rings is 1. The lowest BCUT2D eigenvalue weighted by Gasteiger charge is -2.27. The number of carbonyl (C=O) groups excluding carboxylic acids is 5. The smallest absolute Gasteiger partial charge is 0.264 e. The molecule has 218 valence electrons. The van der Waals surface area contributed by atoms with Crippen LogP contribution in [0.15, 0.2) is 36.4 Å². The maximum absolute atomic E-state index is 13.1. The van der Waals surface area contributed by atoms with E-state index in [0.717, 1.165) is 37.0 Å². The van der Waals surface area contributed by atoms with Gasteiger partial charge in [-0.2, -0.15) is 0 Å². The van der Waals surface area contributed by atoms with Crippen molar-refractivity contribution in [2.24, 2.45) is 5.73 Å². The predicted molar refractivity (Wildman–Crippen MR) is 149 cm³/mol. The van der Waals surface area contributed by atoms with Crippen LogP contribution in [0.25, 0.3) is 0 Å². The topological polar surface area (TPSA) is 191 Å². The number of anilines is 1. The van der Waals surface area contributed by atoms with E-state index in [4.69, 9.17) is 5.73 Å². The SMILES string of the molecule is NC(Cc1ccc(O)c(O)c1)C(=O)NCCCCCCCNc1cccc2c1C(=O)N(C1CCC(=O)NC1=O)C2=O. The first-order valence-corrected chi connectivity index (χ1v) is 13.8. The number of carbonyl (C=O) groups is 5. The molecule has 0 radical (unpaired) electrons. The number of hydrogen-bond acceptors (Lipinski definition) is 9. The quantitative estimate of drug-likeness (QED) is 0.119. The van der Waals surface area contributed by atoms with Crippen LogP contribution in [0.1, 0.15) is 71.2 Å². The van der Waals surface area contributed by atoms with Gasteiger partial charge < -0.3 is 26.6 Å². The highest BCUT2D eigenvalue weighted by atomic mass is 16.3. The molecule has 2 aromatic rings. The van der Waals surface area contributed by atoms with Gasteiger partial charge in [-0.25, -0.2) is 0 Å². The Morgan fingerprint density at radius 1 is 0.976 bits per heavy atom. The number of nitrogens with zero attached hydrogens (tertiary/aromatic N) is 1. The third-order valence-corrected chi connectivity index (χ3v) is 7.27. The standard InChI is InChI=1S/C29H35N5O7/c30-19(15-17-9-11-22(35)23(36)16-17)26(38)32-14-5-3-1-2-4-13-31-20-8-6-7-18-25(20)29(41)34(28(18)40)21-10-12-24(37)33-27(21)39/h6-9,11,16,19,21,31,35-36H,1-5,10,12-15,30H2,(H,32,38)(H,33,37,39). The third-order valence-electron chi connectivity index (χ3n) is 7.27. The van der Waals surface area contributed by atoms with Gasteiger partial charge in [-0.1, -0.05) is 31.4 Å². The maximum atomic E-state index is 13.1. The molecule has 2 unspecified atom stereocenters. The number of phenols is 2. The van der Waals surface area contributed by atoms with Gasteiger partial charge in [0, 0.05) is 25.2 Å². The summed E-state index contributed by atoms with van der Waals surface area (Å²) in [4.78, 5) is 63.0. The van der Waals surface area contributed by atoms with Crippen molar-refractivity contribution in [2.75, 3.05) is 18.4 Å². The summed E-state index contributed by atoms with van der Waals surface area (Å²) in [5, 5.41) is 27.2. The highest BCUT2D eigenvalue weighted by Crippen LogP contribution is 2.32. The summed E-state index contributed by atoms with van der Waals surface area (Å²) in [6, 6.07) is 7.58. The fraction of sp³-hybridized carbons (Fsp3) is 0.414. The van der Waals surface area contributed by atoms with Crippen LogP contribution in [0.4, 0.5) is 5.69 Å². The van der Waals surface area contributed by atoms with Crippen LogP contribution in [0, 0.1) is 0 Å². The Balaban J connectivity index is 1.14. The number of nitrogens with one attached hydrogen (secondary N) is 3. The van der Waals surface area contributed by atoms with E-state index in [2.05, 4.69) is 16.0 Å². The van der Waals surface area contributed by atoms with E-state index in [1.165, 1.54) is 12.1 Å². The van der Waals surface area contributed by atoms with E-state index in [9.17, 15) is 34.2 Å². The van der Waals surface area contributed by atoms with Gasteiger partial charge in [0.05, 0.1) is 17.2 Å². The van der Waals surface area contributed by atoms with Crippen molar-refractivity contribution < 1.29 is 34.2 Å². The van der Waals surface area contributed by atoms with E-state index < -0.39 is 35.7 Å². The summed E-state index contributed by atoms with van der Waals surface area (Å²) in [5.41, 5.74) is 7.64. The van der Waals surface area contributed by atoms with Crippen LogP contribution < -0.4 is 21.7 Å². The third kappa shape index (κ3) is 7.01. The molecule has 0 aliphatic carbocycles. The van der Waals surface area contributed by atoms with Crippen molar-refractivity contribution >= 4 is 35.2 Å². The maximum Gasteiger partial charge on any atom is 0.264 e. The van der Waals surface area contributed by atoms with Gasteiger partial charge in [-0.15, -0.1) is 0 Å². The van der Waals surface area contributed by atoms with E-state index >= 15 is 0 Å². The summed E-state index contributed by atoms with van der Waals surface area (Å²) >= 11 is 0. The second-order valence-corrected chi connectivity index (χ2v) is 10.3. The second kappa shape index (κ2) is 13.3. The summed E-state index contributed by atoms with van der Waals surface area (Å²) in [6.45, 7) is 1.09. The Labute approximate surface area is 237 Å². The van der Waals surface area contributed by atoms with Gasteiger partial charge in [0.25, 0.3) is 11.8 Å². The van der Waals surface area contributed by atoms with E-state index in [0.29, 0.717) is 24.3 Å². The fourth-order valence-electron chi connectivity index (χ4n) is 5.05. The molecule has 0 spiro atoms. The van der Waals surface area contributed by atoms with Crippen LogP contribution in [-0.4, -0.2) is 69.8 Å². The van der Waals surface area contributed by atoms with Gasteiger partial charge in [-0.3, -0.25) is 34.2 Å². The Kier molecular flexibility index (Phi) is 9.56. The lowest BCUT2D eigenvalue weighted by molar-refractivity contribution is -0.136. The highest BCUT2D eigenvalue weighted by Gasteiger charge is 2.45. The van der Waals surface area contributed by atoms with Gasteiger partial charge in [0.1, 0.15) is 6.04 Å². The average Bonchev–Trinajstić information content (AvgIpc) is 3.19. The molecule has 1 saturated heterocycles. The molecule has 2 atom stereocenters. The summed E-state index contributed by atoms with van der Waals surface area (Å²) < 4.78 is 0. The van der Waals surface area contributed by atoms with Gasteiger partial charge >= 0.3 is 0 Å². The van der Waals surface area contributed by atoms with Crippen LogP contribution >= 0.6 is 0 Å². The van der Waals surface area contributed by atoms with Crippen molar-refractivity contribution in [3.63, 3.8) is 0 Å². The number of fused-ring (bicyclic) bond motifs is 1. The first kappa shape index (κ1) is 29.5. The fourth-order valence-corrected chi connectivity index (χ4v) is 5.05. The molecule has 1 fully saturated rings. The molecule has 41 heavy (non-hydrogen) atoms. The summed E-state index contributed by atoms with van der Waals surface area (Å²) in [5.74, 6) is -2.87. The van der Waals surface area contributed by atoms with Crippen molar-refractivity contribution in [1.29, 1.82) is 0 Å². The first-order chi connectivity index (χ1) is 19.7. The van der Waals surface area contributed by atoms with Crippen molar-refractivity contribution in [2.45, 2.75) is 63.5 Å². The molecule has 5 amide bonds. The minimum atomic E-state index is -0.998. The molecule has 0 saturated carbocycles. The molecule has 2 aliphatic heterocycles. The van der Waals surface area contributed by atoms with E-state index in [-0.39, 0.29) is 47.8 Å². The van der Waals surface area contributed by atoms with Crippen LogP contribution in [0.3, 0.4) is 0 Å². The van der Waals surface area contributed by atoms with E-state index in [1.54, 1.807) is 24.3 Å². The molecule has 0 aromatic heterocycles. The number of hydrogen-bond donors (Lipinski definition) is 6. The minimum absolute atomic E-state index is 0.0714. The highest BCUT2D eigenvalue weighted by molar-refractivity contribution is 6.25. The normalized spacial score (nSPS) is 17.3. The Hall–Kier alpha value is -4.45. The van der Waals surface area contributed by atoms with E-state index in [1.807, 2.05) is 0 Å². The minimum Gasteiger partial charge on any atom is -0.504 e. The second-order valence-electron chi connectivity index (χ2n) is 10.3. The number of aromatic hydroxyl groups is 2. The Bertz CT molecular complexity index is 1340. The Morgan fingerprint density at radius 2 is 1.71 bits per heavy atom. The zero-order valence-corrected chi connectivity index (χ0v) is 22.7. The number of nitrogens with two attached hydrogens (primary N) is 1. The number of rotatable bonds is 13. The number of amides is 5. The lowest BCUT2D eigenvalue weighted by atomic mass is 10.0. The monoisotopic (exact) mass is 565 g/mol. The lowest BCUT2D eigenvalue weighted by Crippen LogP contribution is -2.54. The van der Waals surface area contributed by atoms with Crippen LogP contribution in [-0.2, 0) is 20.8 Å². The molecule has 4 rings (SSSR count). The molecule has 12 heteroatoms. The van der Waals surface area contributed by atoms with Crippen LogP contribution in [0.5, 0.6) is 11.5 Å². The predicted octanol–water partition coefficient (Wildman–Crippen LogP) is 1.55. The molecule has 2 heterocycles. The molecular weight excluding hydrogens is 530 g/mol. The largest absolute Gasteiger partial charge is 0.504 e. The summed E-state index contributed by atoms with van der Waals surface area (Å²) in [6.07, 6.45) is 4.84. The molecular formula is C29H35N5O7. The number of imide groups is 2. The number of unbranched alkanes of at least 4 members (excludes halogenated alkanes) is 4. The van der Waals surface area contributed by atoms with Crippen molar-refractivity contribution in [3.05, 3.63) is 53.1 Å². The first-order valence-electron chi connectivity index (χ1n) is 13.8. The summed E-state index contributed by atoms with van der Waals surface area (Å²) in [7, 11) is 0. The molecule has 7 N–H and O–H groups in total. The molecule has 12 nitrogen and oxygen atoms in total. The molecule has 2 aromatic carbocycles. The van der Waals surface area contributed by atoms with Gasteiger partial charge in [0.2, 0.25) is 17.7 Å². The zero-order valence-electron chi connectivity index (χ0n) is 22.7. The van der Waals surface area contributed by atoms with Crippen molar-refractivity contribution in [1.82, 2.24) is 15.5 Å². The molecule has 0 bridgehead atoms. The number of phenolic OH excluding ortho intramolecular Hbond substituents is 2. The molecule has 2 aliphatic rings. The van der Waals surface area contributed by atoms with Gasteiger partial charge in [-0.05, 0) is 55.5 Å². The van der Waals surface area contributed by atoms with Crippen LogP contribution in [0.2, 0.25) is 0 Å². The van der Waals surface area contributed by atoms with Gasteiger partial charge in [0.15, 0.2) is 11.5 Å². The average molecular weight is 566 g/mol.